The number of hydrogen-bond acceptors (Lipinski definition) is 4. The minimum Gasteiger partial charge on any atom is -0.324 e. The van der Waals surface area contributed by atoms with Crippen LogP contribution in [0.15, 0.2) is 77.7 Å². The van der Waals surface area contributed by atoms with Crippen molar-refractivity contribution in [3.8, 4) is 0 Å². The number of halogens is 1. The summed E-state index contributed by atoms with van der Waals surface area (Å²) < 4.78 is 41.3. The third-order valence-electron chi connectivity index (χ3n) is 6.36. The van der Waals surface area contributed by atoms with Gasteiger partial charge in [0, 0.05) is 24.8 Å². The molecule has 1 aliphatic heterocycles. The van der Waals surface area contributed by atoms with Crippen LogP contribution in [0.3, 0.4) is 0 Å². The van der Waals surface area contributed by atoms with E-state index in [1.54, 1.807) is 0 Å². The predicted molar refractivity (Wildman–Crippen MR) is 135 cm³/mol. The number of nitrogens with one attached hydrogen (secondary N) is 2. The van der Waals surface area contributed by atoms with E-state index >= 15 is 0 Å². The number of carbonyl (C=O) groups excluding carboxylic acids is 1. The molecule has 0 saturated carbocycles. The summed E-state index contributed by atoms with van der Waals surface area (Å²) in [6, 6.07) is 19.6. The lowest BCUT2D eigenvalue weighted by Gasteiger charge is -2.37. The molecule has 3 aromatic carbocycles. The Morgan fingerprint density at radius 1 is 0.971 bits per heavy atom. The summed E-state index contributed by atoms with van der Waals surface area (Å²) in [6.07, 6.45) is 1.11. The van der Waals surface area contributed by atoms with Crippen molar-refractivity contribution in [3.05, 3.63) is 95.3 Å². The van der Waals surface area contributed by atoms with Crippen molar-refractivity contribution in [2.24, 2.45) is 0 Å². The normalized spacial score (nSPS) is 16.1. The topological polar surface area (TPSA) is 78.5 Å². The number of amides is 1. The fourth-order valence-corrected chi connectivity index (χ4v) is 5.72. The van der Waals surface area contributed by atoms with Crippen LogP contribution >= 0.6 is 0 Å². The van der Waals surface area contributed by atoms with E-state index in [2.05, 4.69) is 14.9 Å². The lowest BCUT2D eigenvalue weighted by Crippen LogP contribution is -2.47. The average Bonchev–Trinajstić information content (AvgIpc) is 2.83. The number of aryl methyl sites for hydroxylation is 2. The molecule has 1 heterocycles. The first-order valence-electron chi connectivity index (χ1n) is 11.7. The molecule has 35 heavy (non-hydrogen) atoms. The van der Waals surface area contributed by atoms with E-state index < -0.39 is 21.9 Å². The maximum Gasteiger partial charge on any atom is 0.246 e. The molecule has 1 unspecified atom stereocenters. The number of benzene rings is 3. The van der Waals surface area contributed by atoms with Crippen LogP contribution in [-0.2, 0) is 14.8 Å². The third-order valence-corrected chi connectivity index (χ3v) is 7.89. The number of anilines is 1. The highest BCUT2D eigenvalue weighted by molar-refractivity contribution is 7.89. The zero-order valence-electron chi connectivity index (χ0n) is 19.9. The number of sulfonamides is 1. The molecule has 1 amide bonds. The summed E-state index contributed by atoms with van der Waals surface area (Å²) in [4.78, 5) is 15.6. The molecule has 8 heteroatoms. The van der Waals surface area contributed by atoms with Gasteiger partial charge < -0.3 is 5.32 Å². The van der Waals surface area contributed by atoms with Crippen LogP contribution in [0.1, 0.15) is 35.6 Å². The molecule has 6 nitrogen and oxygen atoms in total. The quantitative estimate of drug-likeness (QED) is 0.504. The van der Waals surface area contributed by atoms with Crippen LogP contribution in [0, 0.1) is 19.7 Å². The summed E-state index contributed by atoms with van der Waals surface area (Å²) in [7, 11) is -3.75. The second-order valence-corrected chi connectivity index (χ2v) is 10.7. The molecule has 2 N–H and O–H groups in total. The molecular weight excluding hydrogens is 465 g/mol. The van der Waals surface area contributed by atoms with Gasteiger partial charge in [0.05, 0.1) is 4.90 Å². The largest absolute Gasteiger partial charge is 0.324 e. The number of likely N-dealkylation sites (tertiary alicyclic amines) is 1. The average molecular weight is 496 g/mol. The Balaban J connectivity index is 1.47. The van der Waals surface area contributed by atoms with Crippen molar-refractivity contribution in [3.63, 3.8) is 0 Å². The van der Waals surface area contributed by atoms with Gasteiger partial charge in [-0.3, -0.25) is 9.69 Å². The molecule has 0 aliphatic carbocycles. The van der Waals surface area contributed by atoms with Crippen LogP contribution in [0.5, 0.6) is 0 Å². The Labute approximate surface area is 206 Å². The fraction of sp³-hybridized carbons (Fsp3) is 0.296. The van der Waals surface area contributed by atoms with Gasteiger partial charge in [0.15, 0.2) is 0 Å². The van der Waals surface area contributed by atoms with E-state index in [0.717, 1.165) is 34.5 Å². The summed E-state index contributed by atoms with van der Waals surface area (Å²) in [5.74, 6) is -0.599. The van der Waals surface area contributed by atoms with E-state index in [1.165, 1.54) is 12.1 Å². The standard InChI is InChI=1S/C27H30FN3O3S/c1-19-8-9-20(2)25(18-19)29-27(32)26(21-6-4-3-5-7-21)31-16-14-23(15-17-31)30-35(33,34)24-12-10-22(28)11-13-24/h3-13,18,23,26,30H,14-17H2,1-2H3,(H,29,32). The zero-order valence-corrected chi connectivity index (χ0v) is 20.7. The van der Waals surface area contributed by atoms with Crippen molar-refractivity contribution >= 4 is 21.6 Å². The van der Waals surface area contributed by atoms with E-state index in [1.807, 2.05) is 62.4 Å². The molecule has 0 bridgehead atoms. The van der Waals surface area contributed by atoms with Gasteiger partial charge in [0.2, 0.25) is 15.9 Å². The van der Waals surface area contributed by atoms with Gasteiger partial charge in [-0.1, -0.05) is 42.5 Å². The van der Waals surface area contributed by atoms with Crippen molar-refractivity contribution < 1.29 is 17.6 Å². The highest BCUT2D eigenvalue weighted by Crippen LogP contribution is 2.28. The molecule has 0 spiro atoms. The monoisotopic (exact) mass is 495 g/mol. The molecule has 3 aromatic rings. The number of rotatable bonds is 7. The number of hydrogen-bond donors (Lipinski definition) is 2. The lowest BCUT2D eigenvalue weighted by atomic mass is 9.98. The van der Waals surface area contributed by atoms with Crippen LogP contribution in [0.4, 0.5) is 10.1 Å². The van der Waals surface area contributed by atoms with E-state index in [-0.39, 0.29) is 16.8 Å². The highest BCUT2D eigenvalue weighted by atomic mass is 32.2. The van der Waals surface area contributed by atoms with Gasteiger partial charge in [-0.2, -0.15) is 0 Å². The lowest BCUT2D eigenvalue weighted by molar-refractivity contribution is -0.122. The van der Waals surface area contributed by atoms with Gasteiger partial charge in [0.1, 0.15) is 11.9 Å². The van der Waals surface area contributed by atoms with Gasteiger partial charge in [-0.25, -0.2) is 17.5 Å². The molecule has 184 valence electrons. The fourth-order valence-electron chi connectivity index (χ4n) is 4.41. The van der Waals surface area contributed by atoms with Crippen molar-refractivity contribution in [1.29, 1.82) is 0 Å². The molecule has 0 radical (unpaired) electrons. The number of carbonyl (C=O) groups is 1. The van der Waals surface area contributed by atoms with E-state index in [0.29, 0.717) is 25.9 Å². The predicted octanol–water partition coefficient (Wildman–Crippen LogP) is 4.57. The summed E-state index contributed by atoms with van der Waals surface area (Å²) >= 11 is 0. The maximum absolute atomic E-state index is 13.5. The Morgan fingerprint density at radius 3 is 2.29 bits per heavy atom. The first-order valence-corrected chi connectivity index (χ1v) is 13.2. The number of nitrogens with zero attached hydrogens (tertiary/aromatic N) is 1. The van der Waals surface area contributed by atoms with Gasteiger partial charge >= 0.3 is 0 Å². The van der Waals surface area contributed by atoms with Gasteiger partial charge in [-0.15, -0.1) is 0 Å². The molecular formula is C27H30FN3O3S. The maximum atomic E-state index is 13.5. The molecule has 1 aliphatic rings. The molecule has 4 rings (SSSR count). The third kappa shape index (κ3) is 6.14. The Morgan fingerprint density at radius 2 is 1.63 bits per heavy atom. The van der Waals surface area contributed by atoms with Crippen molar-refractivity contribution in [2.45, 2.75) is 43.7 Å². The minimum absolute atomic E-state index is 0.0383. The molecule has 1 atom stereocenters. The first kappa shape index (κ1) is 25.0. The van der Waals surface area contributed by atoms with Gasteiger partial charge in [0.25, 0.3) is 0 Å². The van der Waals surface area contributed by atoms with Crippen LogP contribution in [-0.4, -0.2) is 38.4 Å². The number of piperidine rings is 1. The first-order chi connectivity index (χ1) is 16.7. The van der Waals surface area contributed by atoms with Crippen molar-refractivity contribution in [2.75, 3.05) is 18.4 Å². The van der Waals surface area contributed by atoms with Crippen LogP contribution < -0.4 is 10.0 Å². The summed E-state index contributed by atoms with van der Waals surface area (Å²) in [5, 5.41) is 3.10. The van der Waals surface area contributed by atoms with Crippen LogP contribution in [0.25, 0.3) is 0 Å². The molecule has 1 saturated heterocycles. The highest BCUT2D eigenvalue weighted by Gasteiger charge is 2.32. The van der Waals surface area contributed by atoms with Crippen molar-refractivity contribution in [1.82, 2.24) is 9.62 Å². The molecule has 1 fully saturated rings. The second-order valence-electron chi connectivity index (χ2n) is 9.01. The Bertz CT molecular complexity index is 1270. The SMILES string of the molecule is Cc1ccc(C)c(NC(=O)C(c2ccccc2)N2CCC(NS(=O)(=O)c3ccc(F)cc3)CC2)c1. The Hall–Kier alpha value is -3.07. The summed E-state index contributed by atoms with van der Waals surface area (Å²) in [5.41, 5.74) is 3.74. The minimum atomic E-state index is -3.75. The summed E-state index contributed by atoms with van der Waals surface area (Å²) in [6.45, 7) is 5.06. The van der Waals surface area contributed by atoms with E-state index in [9.17, 15) is 17.6 Å². The second kappa shape index (κ2) is 10.7. The molecule has 0 aromatic heterocycles. The zero-order chi connectivity index (χ0) is 25.0. The van der Waals surface area contributed by atoms with Gasteiger partial charge in [-0.05, 0) is 73.7 Å². The smallest absolute Gasteiger partial charge is 0.246 e. The van der Waals surface area contributed by atoms with E-state index in [4.69, 9.17) is 0 Å². The Kier molecular flexibility index (Phi) is 7.64. The van der Waals surface area contributed by atoms with Crippen LogP contribution in [0.2, 0.25) is 0 Å².